The van der Waals surface area contributed by atoms with Crippen LogP contribution in [-0.4, -0.2) is 35.7 Å². The van der Waals surface area contributed by atoms with E-state index < -0.39 is 5.92 Å². The zero-order valence-electron chi connectivity index (χ0n) is 16.7. The number of ketones is 1. The van der Waals surface area contributed by atoms with Crippen LogP contribution < -0.4 is 14.8 Å². The van der Waals surface area contributed by atoms with Crippen molar-refractivity contribution in [1.29, 1.82) is 0 Å². The van der Waals surface area contributed by atoms with Gasteiger partial charge in [-0.3, -0.25) is 9.59 Å². The molecule has 8 heteroatoms. The molecule has 0 spiro atoms. The third-order valence-corrected chi connectivity index (χ3v) is 5.42. The van der Waals surface area contributed by atoms with Crippen LogP contribution in [0.1, 0.15) is 34.0 Å². The minimum absolute atomic E-state index is 0.0141. The fourth-order valence-electron chi connectivity index (χ4n) is 3.81. The van der Waals surface area contributed by atoms with Gasteiger partial charge in [-0.15, -0.1) is 0 Å². The summed E-state index contributed by atoms with van der Waals surface area (Å²) in [6.45, 7) is 1.82. The number of aryl methyl sites for hydroxylation is 1. The van der Waals surface area contributed by atoms with Crippen LogP contribution in [0.25, 0.3) is 5.69 Å². The number of carbonyl (C=O) groups excluding carboxylic acids is 2. The highest BCUT2D eigenvalue weighted by atomic mass is 35.5. The Morgan fingerprint density at radius 2 is 1.77 bits per heavy atom. The summed E-state index contributed by atoms with van der Waals surface area (Å²) in [4.78, 5) is 26.2. The van der Waals surface area contributed by atoms with Gasteiger partial charge in [0.2, 0.25) is 5.91 Å². The van der Waals surface area contributed by atoms with Crippen molar-refractivity contribution >= 4 is 29.1 Å². The predicted octanol–water partition coefficient (Wildman–Crippen LogP) is 4.16. The van der Waals surface area contributed by atoms with E-state index in [1.54, 1.807) is 47.1 Å². The second-order valence-electron chi connectivity index (χ2n) is 6.94. The summed E-state index contributed by atoms with van der Waals surface area (Å²) in [5.74, 6) is 0.0616. The molecule has 0 saturated carbocycles. The number of methoxy groups -OCH3 is 2. The monoisotopic (exact) mass is 425 g/mol. The molecule has 1 aliphatic heterocycles. The van der Waals surface area contributed by atoms with Gasteiger partial charge in [-0.25, -0.2) is 4.68 Å². The van der Waals surface area contributed by atoms with Crippen LogP contribution in [0.2, 0.25) is 5.02 Å². The summed E-state index contributed by atoms with van der Waals surface area (Å²) >= 11 is 5.99. The lowest BCUT2D eigenvalue weighted by Gasteiger charge is -2.24. The molecule has 2 aromatic carbocycles. The minimum Gasteiger partial charge on any atom is -0.496 e. The van der Waals surface area contributed by atoms with Gasteiger partial charge in [-0.1, -0.05) is 17.7 Å². The summed E-state index contributed by atoms with van der Waals surface area (Å²) in [7, 11) is 2.99. The quantitative estimate of drug-likeness (QED) is 0.620. The Hall–Kier alpha value is -3.32. The number of carbonyl (C=O) groups is 2. The molecule has 1 aliphatic rings. The zero-order chi connectivity index (χ0) is 21.4. The summed E-state index contributed by atoms with van der Waals surface area (Å²) in [5, 5.41) is 8.05. The van der Waals surface area contributed by atoms with E-state index in [-0.39, 0.29) is 18.1 Å². The molecular weight excluding hydrogens is 406 g/mol. The number of nitrogens with zero attached hydrogens (tertiary/aromatic N) is 2. The molecule has 0 aliphatic carbocycles. The minimum atomic E-state index is -0.708. The van der Waals surface area contributed by atoms with Crippen LogP contribution in [0.5, 0.6) is 11.5 Å². The van der Waals surface area contributed by atoms with Gasteiger partial charge in [-0.05, 0) is 43.3 Å². The van der Waals surface area contributed by atoms with Crippen molar-refractivity contribution in [2.24, 2.45) is 0 Å². The van der Waals surface area contributed by atoms with Crippen LogP contribution in [-0.2, 0) is 4.79 Å². The molecule has 2 heterocycles. The maximum absolute atomic E-state index is 13.6. The van der Waals surface area contributed by atoms with E-state index >= 15 is 0 Å². The van der Waals surface area contributed by atoms with Crippen molar-refractivity contribution in [1.82, 2.24) is 9.78 Å². The molecule has 1 unspecified atom stereocenters. The van der Waals surface area contributed by atoms with Gasteiger partial charge in [-0.2, -0.15) is 5.10 Å². The first-order valence-electron chi connectivity index (χ1n) is 9.35. The highest BCUT2D eigenvalue weighted by Crippen LogP contribution is 2.41. The Morgan fingerprint density at radius 1 is 1.13 bits per heavy atom. The van der Waals surface area contributed by atoms with Gasteiger partial charge < -0.3 is 14.8 Å². The van der Waals surface area contributed by atoms with E-state index in [0.717, 1.165) is 5.69 Å². The van der Waals surface area contributed by atoms with Crippen LogP contribution in [0.15, 0.2) is 42.5 Å². The normalized spacial score (nSPS) is 15.3. The third-order valence-electron chi connectivity index (χ3n) is 5.16. The van der Waals surface area contributed by atoms with Crippen LogP contribution in [0, 0.1) is 6.92 Å². The Balaban J connectivity index is 1.85. The maximum Gasteiger partial charge on any atom is 0.226 e. The molecule has 0 bridgehead atoms. The molecule has 1 amide bonds. The van der Waals surface area contributed by atoms with Crippen molar-refractivity contribution < 1.29 is 19.1 Å². The molecule has 3 aromatic rings. The lowest BCUT2D eigenvalue weighted by atomic mass is 9.85. The van der Waals surface area contributed by atoms with Gasteiger partial charge in [0.1, 0.15) is 22.9 Å². The second kappa shape index (κ2) is 7.84. The summed E-state index contributed by atoms with van der Waals surface area (Å²) in [5.41, 5.74) is 2.38. The fraction of sp³-hybridized carbons (Fsp3) is 0.227. The van der Waals surface area contributed by atoms with Gasteiger partial charge in [0.25, 0.3) is 0 Å². The van der Waals surface area contributed by atoms with Crippen molar-refractivity contribution in [3.63, 3.8) is 0 Å². The maximum atomic E-state index is 13.6. The first-order valence-corrected chi connectivity index (χ1v) is 9.73. The Morgan fingerprint density at radius 3 is 2.37 bits per heavy atom. The van der Waals surface area contributed by atoms with E-state index in [1.807, 2.05) is 6.92 Å². The van der Waals surface area contributed by atoms with E-state index in [9.17, 15) is 9.59 Å². The van der Waals surface area contributed by atoms with Crippen LogP contribution in [0.3, 0.4) is 0 Å². The van der Waals surface area contributed by atoms with Gasteiger partial charge >= 0.3 is 0 Å². The molecule has 7 nitrogen and oxygen atoms in total. The van der Waals surface area contributed by atoms with Crippen LogP contribution >= 0.6 is 11.6 Å². The number of benzene rings is 2. The lowest BCUT2D eigenvalue weighted by molar-refractivity contribution is -0.116. The van der Waals surface area contributed by atoms with Crippen molar-refractivity contribution in [3.8, 4) is 17.2 Å². The van der Waals surface area contributed by atoms with Crippen molar-refractivity contribution in [3.05, 3.63) is 64.3 Å². The van der Waals surface area contributed by atoms with Crippen molar-refractivity contribution in [2.75, 3.05) is 19.5 Å². The number of halogens is 1. The van der Waals surface area contributed by atoms with Gasteiger partial charge in [0, 0.05) is 17.0 Å². The molecule has 1 N–H and O–H groups in total. The number of hydrogen-bond donors (Lipinski definition) is 1. The molecular formula is C22H20ClN3O4. The zero-order valence-corrected chi connectivity index (χ0v) is 17.5. The molecule has 1 atom stereocenters. The Bertz CT molecular complexity index is 1120. The first kappa shape index (κ1) is 20.0. The van der Waals surface area contributed by atoms with E-state index in [2.05, 4.69) is 10.4 Å². The molecule has 0 saturated heterocycles. The molecule has 0 radical (unpaired) electrons. The van der Waals surface area contributed by atoms with Crippen LogP contribution in [0.4, 0.5) is 5.82 Å². The second-order valence-corrected chi connectivity index (χ2v) is 7.38. The SMILES string of the molecule is COc1cccc(OC)c1C(=O)C1CC(=O)Nc2c1c(C)nn2-c1ccc(Cl)cc1. The highest BCUT2D eigenvalue weighted by molar-refractivity contribution is 6.30. The van der Waals surface area contributed by atoms with E-state index in [4.69, 9.17) is 21.1 Å². The summed E-state index contributed by atoms with van der Waals surface area (Å²) in [6.07, 6.45) is 0.0141. The number of hydrogen-bond acceptors (Lipinski definition) is 5. The number of amides is 1. The number of anilines is 1. The number of rotatable bonds is 5. The summed E-state index contributed by atoms with van der Waals surface area (Å²) in [6, 6.07) is 12.2. The van der Waals surface area contributed by atoms with E-state index in [1.165, 1.54) is 14.2 Å². The molecule has 154 valence electrons. The smallest absolute Gasteiger partial charge is 0.226 e. The van der Waals surface area contributed by atoms with Gasteiger partial charge in [0.15, 0.2) is 5.78 Å². The largest absolute Gasteiger partial charge is 0.496 e. The van der Waals surface area contributed by atoms with E-state index in [0.29, 0.717) is 39.2 Å². The Labute approximate surface area is 178 Å². The molecule has 1 aromatic heterocycles. The van der Waals surface area contributed by atoms with Crippen molar-refractivity contribution in [2.45, 2.75) is 19.3 Å². The molecule has 0 fully saturated rings. The molecule has 30 heavy (non-hydrogen) atoms. The number of ether oxygens (including phenoxy) is 2. The lowest BCUT2D eigenvalue weighted by Crippen LogP contribution is -2.29. The summed E-state index contributed by atoms with van der Waals surface area (Å²) < 4.78 is 12.4. The number of nitrogens with one attached hydrogen (secondary N) is 1. The third kappa shape index (κ3) is 3.31. The van der Waals surface area contributed by atoms with Gasteiger partial charge in [0.05, 0.1) is 31.5 Å². The number of fused-ring (bicyclic) bond motifs is 1. The predicted molar refractivity (Wildman–Crippen MR) is 113 cm³/mol. The number of Topliss-reactive ketones (excluding diaryl/α,β-unsaturated/α-hetero) is 1. The topological polar surface area (TPSA) is 82.4 Å². The average Bonchev–Trinajstić information content (AvgIpc) is 3.08. The standard InChI is InChI=1S/C22H20ClN3O4/c1-12-19-15(21(28)20-16(29-2)5-4-6-17(20)30-3)11-18(27)24-22(19)26(25-12)14-9-7-13(23)8-10-14/h4-10,15H,11H2,1-3H3,(H,24,27). The average molecular weight is 426 g/mol. The Kier molecular flexibility index (Phi) is 5.22. The molecule has 4 rings (SSSR count). The number of aromatic nitrogens is 2. The fourth-order valence-corrected chi connectivity index (χ4v) is 3.93. The highest BCUT2D eigenvalue weighted by Gasteiger charge is 2.38. The first-order chi connectivity index (χ1) is 14.4.